The van der Waals surface area contributed by atoms with E-state index in [2.05, 4.69) is 50.0 Å². The number of rotatable bonds is 12. The van der Waals surface area contributed by atoms with Gasteiger partial charge in [-0.1, -0.05) is 65.4 Å². The fraction of sp³-hybridized carbons (Fsp3) is 0.542. The lowest BCUT2D eigenvalue weighted by molar-refractivity contribution is 0.256. The van der Waals surface area contributed by atoms with Gasteiger partial charge in [-0.2, -0.15) is 0 Å². The second-order valence-corrected chi connectivity index (χ2v) is 7.42. The van der Waals surface area contributed by atoms with E-state index in [0.717, 1.165) is 36.5 Å². The molecule has 142 valence electrons. The molecule has 2 nitrogen and oxygen atoms in total. The summed E-state index contributed by atoms with van der Waals surface area (Å²) in [6.45, 7) is 7.45. The van der Waals surface area contributed by atoms with Crippen LogP contribution in [0.5, 0.6) is 5.75 Å². The molecule has 1 heterocycles. The maximum absolute atomic E-state index is 5.83. The van der Waals surface area contributed by atoms with Crippen molar-refractivity contribution in [3.05, 3.63) is 48.2 Å². The van der Waals surface area contributed by atoms with Gasteiger partial charge in [0, 0.05) is 11.8 Å². The van der Waals surface area contributed by atoms with Crippen molar-refractivity contribution in [2.75, 3.05) is 6.61 Å². The van der Waals surface area contributed by atoms with Crippen LogP contribution in [0.25, 0.3) is 11.3 Å². The maximum atomic E-state index is 5.83. The zero-order valence-electron chi connectivity index (χ0n) is 16.8. The maximum Gasteiger partial charge on any atom is 0.119 e. The van der Waals surface area contributed by atoms with Crippen LogP contribution in [0.15, 0.2) is 42.6 Å². The van der Waals surface area contributed by atoms with Crippen LogP contribution in [0.3, 0.4) is 0 Å². The molecule has 1 atom stereocenters. The number of nitrogens with zero attached hydrogens (tertiary/aromatic N) is 1. The number of aromatic nitrogens is 1. The van der Waals surface area contributed by atoms with Crippen LogP contribution in [0.4, 0.5) is 0 Å². The van der Waals surface area contributed by atoms with Crippen molar-refractivity contribution in [1.29, 1.82) is 0 Å². The quantitative estimate of drug-likeness (QED) is 0.380. The Labute approximate surface area is 160 Å². The highest BCUT2D eigenvalue weighted by molar-refractivity contribution is 5.60. The van der Waals surface area contributed by atoms with Crippen LogP contribution in [0.2, 0.25) is 0 Å². The molecule has 1 aromatic carbocycles. The molecule has 0 bridgehead atoms. The van der Waals surface area contributed by atoms with E-state index in [9.17, 15) is 0 Å². The number of aryl methyl sites for hydroxylation is 1. The minimum Gasteiger partial charge on any atom is -0.493 e. The highest BCUT2D eigenvalue weighted by Gasteiger charge is 2.03. The third-order valence-electron chi connectivity index (χ3n) is 5.03. The fourth-order valence-corrected chi connectivity index (χ4v) is 2.93. The summed E-state index contributed by atoms with van der Waals surface area (Å²) in [6, 6.07) is 12.7. The van der Waals surface area contributed by atoms with Crippen molar-refractivity contribution in [2.45, 2.75) is 72.1 Å². The first-order valence-corrected chi connectivity index (χ1v) is 10.4. The van der Waals surface area contributed by atoms with Crippen molar-refractivity contribution in [2.24, 2.45) is 5.92 Å². The van der Waals surface area contributed by atoms with Crippen molar-refractivity contribution >= 4 is 0 Å². The molecule has 0 spiro atoms. The minimum atomic E-state index is 0.593. The first-order chi connectivity index (χ1) is 12.7. The first-order valence-electron chi connectivity index (χ1n) is 10.4. The lowest BCUT2D eigenvalue weighted by Crippen LogP contribution is -2.06. The molecule has 0 fully saturated rings. The molecule has 2 heteroatoms. The molecular formula is C24H35NO. The lowest BCUT2D eigenvalue weighted by atomic mass is 10.1. The van der Waals surface area contributed by atoms with Gasteiger partial charge in [0.1, 0.15) is 5.75 Å². The SMILES string of the molecule is CCCCCCCCc1ccc(-c2ccc(OCC(C)CC)cc2)nc1. The number of ether oxygens (including phenoxy) is 1. The topological polar surface area (TPSA) is 22.1 Å². The van der Waals surface area contributed by atoms with Crippen LogP contribution in [-0.2, 0) is 6.42 Å². The molecule has 1 unspecified atom stereocenters. The molecule has 0 aliphatic rings. The highest BCUT2D eigenvalue weighted by atomic mass is 16.5. The molecule has 0 saturated heterocycles. The summed E-state index contributed by atoms with van der Waals surface area (Å²) in [7, 11) is 0. The Kier molecular flexibility index (Phi) is 9.23. The van der Waals surface area contributed by atoms with Gasteiger partial charge in [0.2, 0.25) is 0 Å². The van der Waals surface area contributed by atoms with Gasteiger partial charge in [0.05, 0.1) is 12.3 Å². The van der Waals surface area contributed by atoms with Crippen LogP contribution >= 0.6 is 0 Å². The largest absolute Gasteiger partial charge is 0.493 e. The standard InChI is InChI=1S/C24H35NO/c1-4-6-7-8-9-10-11-21-12-17-24(25-18-21)22-13-15-23(16-14-22)26-19-20(3)5-2/h12-18,20H,4-11,19H2,1-3H3. The molecule has 1 aromatic heterocycles. The second-order valence-electron chi connectivity index (χ2n) is 7.42. The van der Waals surface area contributed by atoms with Gasteiger partial charge in [-0.25, -0.2) is 0 Å². The number of pyridine rings is 1. The Morgan fingerprint density at radius 3 is 2.27 bits per heavy atom. The van der Waals surface area contributed by atoms with Crippen LogP contribution in [-0.4, -0.2) is 11.6 Å². The van der Waals surface area contributed by atoms with E-state index in [-0.39, 0.29) is 0 Å². The molecule has 0 N–H and O–H groups in total. The minimum absolute atomic E-state index is 0.593. The van der Waals surface area contributed by atoms with Crippen molar-refractivity contribution in [3.63, 3.8) is 0 Å². The fourth-order valence-electron chi connectivity index (χ4n) is 2.93. The summed E-state index contributed by atoms with van der Waals surface area (Å²) in [5.74, 6) is 1.53. The summed E-state index contributed by atoms with van der Waals surface area (Å²) < 4.78 is 5.83. The van der Waals surface area contributed by atoms with Crippen LogP contribution in [0.1, 0.15) is 71.3 Å². The van der Waals surface area contributed by atoms with Gasteiger partial charge in [-0.3, -0.25) is 4.98 Å². The smallest absolute Gasteiger partial charge is 0.119 e. The normalized spacial score (nSPS) is 12.1. The Morgan fingerprint density at radius 1 is 0.885 bits per heavy atom. The van der Waals surface area contributed by atoms with E-state index in [1.165, 1.54) is 44.1 Å². The van der Waals surface area contributed by atoms with Gasteiger partial charge in [-0.15, -0.1) is 0 Å². The number of unbranched alkanes of at least 4 members (excludes halogenated alkanes) is 5. The van der Waals surface area contributed by atoms with E-state index in [1.807, 2.05) is 18.3 Å². The van der Waals surface area contributed by atoms with E-state index in [1.54, 1.807) is 0 Å². The zero-order valence-corrected chi connectivity index (χ0v) is 16.8. The summed E-state index contributed by atoms with van der Waals surface area (Å²) in [4.78, 5) is 4.65. The monoisotopic (exact) mass is 353 g/mol. The predicted molar refractivity (Wildman–Crippen MR) is 112 cm³/mol. The first kappa shape index (κ1) is 20.5. The molecule has 2 aromatic rings. The molecule has 0 amide bonds. The zero-order chi connectivity index (χ0) is 18.6. The van der Waals surface area contributed by atoms with Gasteiger partial charge in [0.25, 0.3) is 0 Å². The third-order valence-corrected chi connectivity index (χ3v) is 5.03. The Balaban J connectivity index is 1.80. The highest BCUT2D eigenvalue weighted by Crippen LogP contribution is 2.22. The van der Waals surface area contributed by atoms with E-state index in [4.69, 9.17) is 4.74 Å². The number of hydrogen-bond donors (Lipinski definition) is 0. The summed E-state index contributed by atoms with van der Waals surface area (Å²) in [5.41, 5.74) is 3.52. The van der Waals surface area contributed by atoms with Gasteiger partial charge in [-0.05, 0) is 54.7 Å². The Morgan fingerprint density at radius 2 is 1.62 bits per heavy atom. The average molecular weight is 354 g/mol. The molecule has 0 saturated carbocycles. The molecular weight excluding hydrogens is 318 g/mol. The average Bonchev–Trinajstić information content (AvgIpc) is 2.69. The molecule has 0 aliphatic heterocycles. The third kappa shape index (κ3) is 7.19. The second kappa shape index (κ2) is 11.7. The molecule has 0 radical (unpaired) electrons. The van der Waals surface area contributed by atoms with E-state index in [0.29, 0.717) is 5.92 Å². The van der Waals surface area contributed by atoms with E-state index >= 15 is 0 Å². The number of hydrogen-bond acceptors (Lipinski definition) is 2. The van der Waals surface area contributed by atoms with Crippen LogP contribution in [0, 0.1) is 5.92 Å². The Hall–Kier alpha value is -1.83. The molecule has 2 rings (SSSR count). The van der Waals surface area contributed by atoms with Crippen LogP contribution < -0.4 is 4.74 Å². The van der Waals surface area contributed by atoms with Gasteiger partial charge >= 0.3 is 0 Å². The van der Waals surface area contributed by atoms with Crippen molar-refractivity contribution in [1.82, 2.24) is 4.98 Å². The van der Waals surface area contributed by atoms with E-state index < -0.39 is 0 Å². The lowest BCUT2D eigenvalue weighted by Gasteiger charge is -2.11. The van der Waals surface area contributed by atoms with Gasteiger partial charge in [0.15, 0.2) is 0 Å². The van der Waals surface area contributed by atoms with Gasteiger partial charge < -0.3 is 4.74 Å². The number of benzene rings is 1. The van der Waals surface area contributed by atoms with Crippen molar-refractivity contribution < 1.29 is 4.74 Å². The predicted octanol–water partition coefficient (Wildman–Crippen LogP) is 7.08. The summed E-state index contributed by atoms with van der Waals surface area (Å²) in [5, 5.41) is 0. The molecule has 0 aliphatic carbocycles. The summed E-state index contributed by atoms with van der Waals surface area (Å²) in [6.07, 6.45) is 12.4. The summed E-state index contributed by atoms with van der Waals surface area (Å²) >= 11 is 0. The Bertz CT molecular complexity index is 603. The molecule has 26 heavy (non-hydrogen) atoms. The van der Waals surface area contributed by atoms with Crippen molar-refractivity contribution in [3.8, 4) is 17.0 Å².